The first kappa shape index (κ1) is 26.2. The quantitative estimate of drug-likeness (QED) is 0.611. The first-order chi connectivity index (χ1) is 15.7. The van der Waals surface area contributed by atoms with Gasteiger partial charge in [-0.15, -0.1) is 0 Å². The Bertz CT molecular complexity index is 847. The number of hydrogen-bond donors (Lipinski definition) is 1. The molecule has 0 aliphatic carbocycles. The number of likely N-dealkylation sites (tertiary alicyclic amines) is 1. The van der Waals surface area contributed by atoms with Crippen LogP contribution in [0.4, 0.5) is 4.79 Å². The van der Waals surface area contributed by atoms with Crippen LogP contribution in [0.1, 0.15) is 67.7 Å². The van der Waals surface area contributed by atoms with Crippen molar-refractivity contribution in [3.8, 4) is 0 Å². The van der Waals surface area contributed by atoms with Crippen molar-refractivity contribution < 1.29 is 28.7 Å². The standard InChI is InChI=1S/C24H40N4O6/c1-9-27-18(29)15-11-10-12-28(15)24(27)13-16(20(31)33-8)26(14-24)19(30)17(22(2,3)4)25-21(32)34-23(5,6)7/h15-17H,9-14H2,1-8H3,(H,25,32). The Morgan fingerprint density at radius 2 is 1.82 bits per heavy atom. The molecule has 0 saturated carbocycles. The summed E-state index contributed by atoms with van der Waals surface area (Å²) in [6.45, 7) is 14.1. The molecule has 10 nitrogen and oxygen atoms in total. The minimum atomic E-state index is -0.939. The van der Waals surface area contributed by atoms with Gasteiger partial charge in [0.05, 0.1) is 19.7 Å². The lowest BCUT2D eigenvalue weighted by Gasteiger charge is -2.40. The van der Waals surface area contributed by atoms with Gasteiger partial charge in [-0.1, -0.05) is 20.8 Å². The second-order valence-electron chi connectivity index (χ2n) is 11.6. The van der Waals surface area contributed by atoms with E-state index >= 15 is 0 Å². The highest BCUT2D eigenvalue weighted by molar-refractivity contribution is 5.92. The molecular weight excluding hydrogens is 440 g/mol. The Morgan fingerprint density at radius 3 is 2.35 bits per heavy atom. The van der Waals surface area contributed by atoms with Crippen molar-refractivity contribution in [3.63, 3.8) is 0 Å². The Kier molecular flexibility index (Phi) is 6.96. The Morgan fingerprint density at radius 1 is 1.18 bits per heavy atom. The Labute approximate surface area is 202 Å². The maximum Gasteiger partial charge on any atom is 0.408 e. The number of methoxy groups -OCH3 is 1. The number of rotatable bonds is 4. The van der Waals surface area contributed by atoms with Gasteiger partial charge in [-0.2, -0.15) is 0 Å². The van der Waals surface area contributed by atoms with Crippen LogP contribution in [0.2, 0.25) is 0 Å². The predicted octanol–water partition coefficient (Wildman–Crippen LogP) is 1.72. The summed E-state index contributed by atoms with van der Waals surface area (Å²) in [6, 6.07) is -2.01. The van der Waals surface area contributed by atoms with Crippen LogP contribution in [-0.2, 0) is 23.9 Å². The van der Waals surface area contributed by atoms with E-state index in [1.54, 1.807) is 20.8 Å². The molecule has 1 N–H and O–H groups in total. The maximum atomic E-state index is 14.0. The van der Waals surface area contributed by atoms with E-state index < -0.39 is 46.7 Å². The van der Waals surface area contributed by atoms with Gasteiger partial charge in [-0.3, -0.25) is 14.5 Å². The summed E-state index contributed by atoms with van der Waals surface area (Å²) in [7, 11) is 1.30. The lowest BCUT2D eigenvalue weighted by atomic mass is 9.85. The van der Waals surface area contributed by atoms with Crippen LogP contribution < -0.4 is 5.32 Å². The molecular formula is C24H40N4O6. The van der Waals surface area contributed by atoms with Crippen LogP contribution in [0.5, 0.6) is 0 Å². The molecule has 34 heavy (non-hydrogen) atoms. The van der Waals surface area contributed by atoms with Gasteiger partial charge in [-0.05, 0) is 46.0 Å². The highest BCUT2D eigenvalue weighted by Gasteiger charge is 2.64. The van der Waals surface area contributed by atoms with Gasteiger partial charge in [0.1, 0.15) is 23.3 Å². The van der Waals surface area contributed by atoms with E-state index in [-0.39, 0.29) is 24.9 Å². The number of nitrogens with one attached hydrogen (secondary N) is 1. The number of hydrogen-bond acceptors (Lipinski definition) is 7. The SMILES string of the molecule is CCN1C(=O)C2CCCN2C12CC(C(=O)OC)N(C(=O)C(NC(=O)OC(C)(C)C)C(C)(C)C)C2. The number of likely N-dealkylation sites (N-methyl/N-ethyl adjacent to an activating group) is 1. The number of carbonyl (C=O) groups is 4. The molecule has 4 atom stereocenters. The summed E-state index contributed by atoms with van der Waals surface area (Å²) in [5.74, 6) is -0.866. The van der Waals surface area contributed by atoms with Gasteiger partial charge in [0.15, 0.2) is 0 Å². The maximum absolute atomic E-state index is 14.0. The third-order valence-corrected chi connectivity index (χ3v) is 7.01. The van der Waals surface area contributed by atoms with Gasteiger partial charge >= 0.3 is 12.1 Å². The van der Waals surface area contributed by atoms with Gasteiger partial charge in [0.25, 0.3) is 0 Å². The van der Waals surface area contributed by atoms with Crippen molar-refractivity contribution >= 4 is 23.9 Å². The topological polar surface area (TPSA) is 108 Å². The van der Waals surface area contributed by atoms with Crippen molar-refractivity contribution in [3.05, 3.63) is 0 Å². The molecule has 0 aromatic carbocycles. The fraction of sp³-hybridized carbons (Fsp3) is 0.833. The minimum absolute atomic E-state index is 0.0529. The van der Waals surface area contributed by atoms with Gasteiger partial charge in [0.2, 0.25) is 11.8 Å². The number of esters is 1. The molecule has 3 saturated heterocycles. The average molecular weight is 481 g/mol. The molecule has 3 aliphatic rings. The number of amides is 3. The molecule has 3 fully saturated rings. The molecule has 0 aromatic rings. The smallest absolute Gasteiger partial charge is 0.408 e. The summed E-state index contributed by atoms with van der Waals surface area (Å²) < 4.78 is 10.5. The number of carbonyl (C=O) groups excluding carboxylic acids is 4. The van der Waals surface area contributed by atoms with E-state index in [1.807, 2.05) is 32.6 Å². The zero-order chi connectivity index (χ0) is 25.6. The molecule has 192 valence electrons. The van der Waals surface area contributed by atoms with Crippen molar-refractivity contribution in [2.75, 3.05) is 26.7 Å². The molecule has 4 unspecified atom stereocenters. The van der Waals surface area contributed by atoms with E-state index in [4.69, 9.17) is 9.47 Å². The van der Waals surface area contributed by atoms with E-state index in [0.29, 0.717) is 6.54 Å². The summed E-state index contributed by atoms with van der Waals surface area (Å²) >= 11 is 0. The lowest BCUT2D eigenvalue weighted by Crippen LogP contribution is -2.59. The monoisotopic (exact) mass is 480 g/mol. The number of ether oxygens (including phenoxy) is 2. The zero-order valence-electron chi connectivity index (χ0n) is 21.8. The molecule has 3 amide bonds. The summed E-state index contributed by atoms with van der Waals surface area (Å²) in [5, 5.41) is 2.73. The van der Waals surface area contributed by atoms with E-state index in [2.05, 4.69) is 10.2 Å². The molecule has 0 aromatic heterocycles. The molecule has 3 aliphatic heterocycles. The molecule has 3 heterocycles. The summed E-state index contributed by atoms with van der Waals surface area (Å²) in [4.78, 5) is 58.1. The number of alkyl carbamates (subject to hydrolysis) is 1. The third kappa shape index (κ3) is 4.61. The van der Waals surface area contributed by atoms with Crippen LogP contribution in [0.25, 0.3) is 0 Å². The molecule has 0 bridgehead atoms. The van der Waals surface area contributed by atoms with E-state index in [1.165, 1.54) is 12.0 Å². The van der Waals surface area contributed by atoms with Crippen LogP contribution in [-0.4, -0.2) is 94.7 Å². The van der Waals surface area contributed by atoms with Crippen LogP contribution in [0.3, 0.4) is 0 Å². The highest BCUT2D eigenvalue weighted by Crippen LogP contribution is 2.46. The fourth-order valence-electron chi connectivity index (χ4n) is 5.60. The normalized spacial score (nSPS) is 28.3. The third-order valence-electron chi connectivity index (χ3n) is 7.01. The Hall–Kier alpha value is -2.36. The lowest BCUT2D eigenvalue weighted by molar-refractivity contribution is -0.152. The second-order valence-corrected chi connectivity index (χ2v) is 11.6. The largest absolute Gasteiger partial charge is 0.467 e. The van der Waals surface area contributed by atoms with Crippen LogP contribution in [0.15, 0.2) is 0 Å². The summed E-state index contributed by atoms with van der Waals surface area (Å²) in [5.41, 5.74) is -2.13. The zero-order valence-corrected chi connectivity index (χ0v) is 21.8. The van der Waals surface area contributed by atoms with Gasteiger partial charge < -0.3 is 24.6 Å². The average Bonchev–Trinajstić information content (AvgIpc) is 3.39. The van der Waals surface area contributed by atoms with E-state index in [9.17, 15) is 19.2 Å². The fourth-order valence-corrected chi connectivity index (χ4v) is 5.60. The Balaban J connectivity index is 1.96. The first-order valence-electron chi connectivity index (χ1n) is 12.1. The first-order valence-corrected chi connectivity index (χ1v) is 12.1. The number of fused-ring (bicyclic) bond motifs is 2. The van der Waals surface area contributed by atoms with Gasteiger partial charge in [0, 0.05) is 19.5 Å². The molecule has 0 radical (unpaired) electrons. The van der Waals surface area contributed by atoms with Crippen molar-refractivity contribution in [2.24, 2.45) is 5.41 Å². The molecule has 10 heteroatoms. The highest BCUT2D eigenvalue weighted by atomic mass is 16.6. The van der Waals surface area contributed by atoms with Crippen molar-refractivity contribution in [1.29, 1.82) is 0 Å². The molecule has 3 rings (SSSR count). The van der Waals surface area contributed by atoms with Crippen LogP contribution >= 0.6 is 0 Å². The minimum Gasteiger partial charge on any atom is -0.467 e. The molecule has 1 spiro atoms. The van der Waals surface area contributed by atoms with E-state index in [0.717, 1.165) is 19.4 Å². The van der Waals surface area contributed by atoms with Crippen molar-refractivity contribution in [1.82, 2.24) is 20.0 Å². The number of nitrogens with zero attached hydrogens (tertiary/aromatic N) is 3. The van der Waals surface area contributed by atoms with Crippen molar-refractivity contribution in [2.45, 2.75) is 97.1 Å². The summed E-state index contributed by atoms with van der Waals surface area (Å²) in [6.07, 6.45) is 1.26. The predicted molar refractivity (Wildman–Crippen MR) is 125 cm³/mol. The van der Waals surface area contributed by atoms with Crippen LogP contribution in [0, 0.1) is 5.41 Å². The van der Waals surface area contributed by atoms with Gasteiger partial charge in [-0.25, -0.2) is 9.59 Å². The second kappa shape index (κ2) is 9.02.